The van der Waals surface area contributed by atoms with Gasteiger partial charge in [0.15, 0.2) is 0 Å². The maximum Gasteiger partial charge on any atom is 1.00 e. The Morgan fingerprint density at radius 1 is 0.688 bits per heavy atom. The molecule has 0 radical (unpaired) electrons. The Hall–Kier alpha value is -0.188. The van der Waals surface area contributed by atoms with Gasteiger partial charge >= 0.3 is 37.7 Å². The average molecular weight is 216 g/mol. The summed E-state index contributed by atoms with van der Waals surface area (Å²) in [7, 11) is -1.92. The molecule has 0 saturated heterocycles. The molecule has 1 nitrogen and oxygen atoms in total. The summed E-state index contributed by atoms with van der Waals surface area (Å²) >= 11 is 0. The normalized spacial score (nSPS) is 9.12. The molecule has 2 aromatic rings. The predicted molar refractivity (Wildman–Crippen MR) is 63.7 cm³/mol. The minimum Gasteiger partial charge on any atom is -1.00 e. The quantitative estimate of drug-likeness (QED) is 0.497. The molecular formula is C12H14Li2OSi. The Kier molecular flexibility index (Phi) is 7.89. The van der Waals surface area contributed by atoms with Crippen molar-refractivity contribution < 1.29 is 45.4 Å². The molecule has 0 heterocycles. The van der Waals surface area contributed by atoms with E-state index in [-0.39, 0.29) is 40.6 Å². The van der Waals surface area contributed by atoms with Crippen LogP contribution in [0.15, 0.2) is 60.7 Å². The summed E-state index contributed by atoms with van der Waals surface area (Å²) in [6.45, 7) is 0. The topological polar surface area (TPSA) is 20.2 Å². The van der Waals surface area contributed by atoms with Crippen molar-refractivity contribution in [2.24, 2.45) is 0 Å². The fourth-order valence-electron chi connectivity index (χ4n) is 1.46. The first kappa shape index (κ1) is 15.8. The molecule has 0 aliphatic heterocycles. The minimum atomic E-state index is -1.92. The molecule has 74 valence electrons. The molecule has 0 aromatic heterocycles. The number of rotatable bonds is 2. The van der Waals surface area contributed by atoms with Gasteiger partial charge in [-0.05, 0) is 10.4 Å². The SMILES string of the molecule is O[SiH](c1ccccc1)c1ccccc1.[H-].[H-].[Li+].[Li+]. The van der Waals surface area contributed by atoms with Crippen molar-refractivity contribution in [1.29, 1.82) is 0 Å². The Labute approximate surface area is 125 Å². The first-order valence-electron chi connectivity index (χ1n) is 4.66. The predicted octanol–water partition coefficient (Wildman–Crippen LogP) is -5.25. The second kappa shape index (κ2) is 7.98. The Bertz CT molecular complexity index is 364. The largest absolute Gasteiger partial charge is 1.00 e. The van der Waals surface area contributed by atoms with Crippen LogP contribution in [0.3, 0.4) is 0 Å². The fourth-order valence-corrected chi connectivity index (χ4v) is 3.02. The summed E-state index contributed by atoms with van der Waals surface area (Å²) in [5.41, 5.74) is 0. The Balaban J connectivity index is -0.000000562. The zero-order valence-electron chi connectivity index (χ0n) is 11.8. The molecule has 0 saturated carbocycles. The van der Waals surface area contributed by atoms with Crippen LogP contribution in [0.4, 0.5) is 0 Å². The van der Waals surface area contributed by atoms with Crippen molar-refractivity contribution in [3.05, 3.63) is 60.7 Å². The molecule has 0 spiro atoms. The van der Waals surface area contributed by atoms with Gasteiger partial charge in [-0.15, -0.1) is 0 Å². The van der Waals surface area contributed by atoms with Crippen LogP contribution in [-0.4, -0.2) is 13.8 Å². The smallest absolute Gasteiger partial charge is 1.00 e. The number of benzene rings is 2. The van der Waals surface area contributed by atoms with Gasteiger partial charge in [0.25, 0.3) is 0 Å². The number of hydrogen-bond donors (Lipinski definition) is 1. The molecule has 4 heteroatoms. The zero-order valence-corrected chi connectivity index (χ0v) is 11.0. The van der Waals surface area contributed by atoms with Crippen LogP contribution in [0, 0.1) is 0 Å². The monoisotopic (exact) mass is 216 g/mol. The van der Waals surface area contributed by atoms with Gasteiger partial charge < -0.3 is 7.65 Å². The van der Waals surface area contributed by atoms with Crippen LogP contribution in [0.2, 0.25) is 0 Å². The molecule has 0 bridgehead atoms. The van der Waals surface area contributed by atoms with E-state index >= 15 is 0 Å². The van der Waals surface area contributed by atoms with Crippen molar-refractivity contribution in [3.63, 3.8) is 0 Å². The molecule has 0 fully saturated rings. The van der Waals surface area contributed by atoms with E-state index in [1.807, 2.05) is 60.7 Å². The molecule has 1 N–H and O–H groups in total. The summed E-state index contributed by atoms with van der Waals surface area (Å²) in [6, 6.07) is 19.8. The molecule has 0 aliphatic carbocycles. The van der Waals surface area contributed by atoms with Crippen LogP contribution in [0.1, 0.15) is 2.85 Å². The second-order valence-corrected chi connectivity index (χ2v) is 5.36. The zero-order chi connectivity index (χ0) is 9.80. The molecule has 2 aromatic carbocycles. The van der Waals surface area contributed by atoms with Gasteiger partial charge in [-0.2, -0.15) is 0 Å². The molecule has 16 heavy (non-hydrogen) atoms. The average Bonchev–Trinajstić information content (AvgIpc) is 2.30. The molecule has 2 rings (SSSR count). The molecule has 0 aliphatic rings. The van der Waals surface area contributed by atoms with Gasteiger partial charge in [-0.25, -0.2) is 0 Å². The van der Waals surface area contributed by atoms with Crippen LogP contribution >= 0.6 is 0 Å². The van der Waals surface area contributed by atoms with E-state index < -0.39 is 9.04 Å². The van der Waals surface area contributed by atoms with Crippen molar-refractivity contribution in [2.45, 2.75) is 0 Å². The minimum absolute atomic E-state index is 0. The van der Waals surface area contributed by atoms with Gasteiger partial charge in [-0.3, -0.25) is 0 Å². The maximum absolute atomic E-state index is 10.1. The Morgan fingerprint density at radius 2 is 1.00 bits per heavy atom. The summed E-state index contributed by atoms with van der Waals surface area (Å²) < 4.78 is 0. The van der Waals surface area contributed by atoms with Gasteiger partial charge in [-0.1, -0.05) is 60.7 Å². The summed E-state index contributed by atoms with van der Waals surface area (Å²) in [5.74, 6) is 0. The first-order chi connectivity index (χ1) is 6.88. The molecule has 0 atom stereocenters. The fraction of sp³-hybridized carbons (Fsp3) is 0. The van der Waals surface area contributed by atoms with E-state index in [4.69, 9.17) is 0 Å². The molecule has 0 unspecified atom stereocenters. The van der Waals surface area contributed by atoms with E-state index in [1.165, 1.54) is 0 Å². The Morgan fingerprint density at radius 3 is 1.31 bits per heavy atom. The van der Waals surface area contributed by atoms with E-state index in [9.17, 15) is 4.80 Å². The van der Waals surface area contributed by atoms with E-state index in [0.717, 1.165) is 10.4 Å². The van der Waals surface area contributed by atoms with Crippen LogP contribution in [-0.2, 0) is 0 Å². The van der Waals surface area contributed by atoms with Gasteiger partial charge in [0, 0.05) is 0 Å². The van der Waals surface area contributed by atoms with Crippen LogP contribution in [0.5, 0.6) is 0 Å². The third-order valence-corrected chi connectivity index (χ3v) is 4.26. The van der Waals surface area contributed by atoms with Gasteiger partial charge in [0.2, 0.25) is 9.04 Å². The summed E-state index contributed by atoms with van der Waals surface area (Å²) in [5, 5.41) is 2.14. The third-order valence-electron chi connectivity index (χ3n) is 2.23. The molecular weight excluding hydrogens is 202 g/mol. The van der Waals surface area contributed by atoms with E-state index in [2.05, 4.69) is 0 Å². The molecule has 0 amide bonds. The van der Waals surface area contributed by atoms with Gasteiger partial charge in [0.1, 0.15) is 0 Å². The van der Waals surface area contributed by atoms with E-state index in [0.29, 0.717) is 0 Å². The van der Waals surface area contributed by atoms with Gasteiger partial charge in [0.05, 0.1) is 0 Å². The van der Waals surface area contributed by atoms with Crippen molar-refractivity contribution in [1.82, 2.24) is 0 Å². The second-order valence-electron chi connectivity index (χ2n) is 3.22. The van der Waals surface area contributed by atoms with Crippen molar-refractivity contribution in [2.75, 3.05) is 0 Å². The summed E-state index contributed by atoms with van der Waals surface area (Å²) in [4.78, 5) is 10.1. The van der Waals surface area contributed by atoms with E-state index in [1.54, 1.807) is 0 Å². The van der Waals surface area contributed by atoms with Crippen LogP contribution in [0.25, 0.3) is 0 Å². The number of hydrogen-bond acceptors (Lipinski definition) is 1. The van der Waals surface area contributed by atoms with Crippen molar-refractivity contribution in [3.8, 4) is 0 Å². The van der Waals surface area contributed by atoms with Crippen LogP contribution < -0.4 is 48.1 Å². The first-order valence-corrected chi connectivity index (χ1v) is 6.33. The third kappa shape index (κ3) is 4.00. The maximum atomic E-state index is 10.1. The summed E-state index contributed by atoms with van der Waals surface area (Å²) in [6.07, 6.45) is 0. The van der Waals surface area contributed by atoms with Crippen molar-refractivity contribution >= 4 is 19.4 Å². The standard InChI is InChI=1S/C12H12OSi.2Li.2H/c13-14(11-7-3-1-4-8-11)12-9-5-2-6-10-12;;;;/h1-10,13-14H;;;;/q;2*+1;2*-1.